The molecule has 2 rings (SSSR count). The summed E-state index contributed by atoms with van der Waals surface area (Å²) in [5.74, 6) is 0.341. The minimum absolute atomic E-state index is 0.0425. The number of hydrogen-bond acceptors (Lipinski definition) is 2. The van der Waals surface area contributed by atoms with Gasteiger partial charge in [0.1, 0.15) is 0 Å². The lowest BCUT2D eigenvalue weighted by Crippen LogP contribution is -2.62. The normalized spacial score (nSPS) is 30.4. The van der Waals surface area contributed by atoms with Crippen LogP contribution in [0.1, 0.15) is 47.5 Å². The number of fused-ring (bicyclic) bond motifs is 1. The summed E-state index contributed by atoms with van der Waals surface area (Å²) in [4.78, 5) is 14.4. The molecular weight excluding hydrogens is 266 g/mol. The fourth-order valence-electron chi connectivity index (χ4n) is 3.16. The monoisotopic (exact) mass is 295 g/mol. The fraction of sp³-hybridized carbons (Fsp3) is 0.812. The summed E-state index contributed by atoms with van der Waals surface area (Å²) >= 11 is 0. The molecule has 0 aromatic rings. The van der Waals surface area contributed by atoms with Crippen molar-refractivity contribution in [3.63, 3.8) is 0 Å². The highest BCUT2D eigenvalue weighted by molar-refractivity contribution is 6.74. The summed E-state index contributed by atoms with van der Waals surface area (Å²) in [7, 11) is -1.80. The molecule has 3 atom stereocenters. The molecular formula is C16H29NO2Si. The third-order valence-corrected chi connectivity index (χ3v) is 9.97. The maximum absolute atomic E-state index is 12.4. The van der Waals surface area contributed by atoms with Crippen LogP contribution in [-0.2, 0) is 9.22 Å². The number of allylic oxidation sites excluding steroid dienone is 2. The highest BCUT2D eigenvalue weighted by Gasteiger charge is 2.55. The van der Waals surface area contributed by atoms with E-state index in [0.29, 0.717) is 6.04 Å². The van der Waals surface area contributed by atoms with Crippen molar-refractivity contribution < 1.29 is 9.22 Å². The van der Waals surface area contributed by atoms with E-state index in [9.17, 15) is 4.79 Å². The van der Waals surface area contributed by atoms with Gasteiger partial charge in [-0.1, -0.05) is 26.8 Å². The van der Waals surface area contributed by atoms with Gasteiger partial charge in [-0.25, -0.2) is 0 Å². The summed E-state index contributed by atoms with van der Waals surface area (Å²) in [6, 6.07) is 0.383. The van der Waals surface area contributed by atoms with Crippen molar-refractivity contribution in [1.82, 2.24) is 4.90 Å². The second kappa shape index (κ2) is 4.99. The number of β-lactam (4-membered cyclic amide) rings is 1. The first-order chi connectivity index (χ1) is 9.10. The summed E-state index contributed by atoms with van der Waals surface area (Å²) in [5.41, 5.74) is 1.20. The van der Waals surface area contributed by atoms with E-state index in [-0.39, 0.29) is 23.0 Å². The Labute approximate surface area is 124 Å². The molecule has 0 radical (unpaired) electrons. The molecule has 2 aliphatic rings. The molecule has 1 amide bonds. The Balaban J connectivity index is 2.06. The van der Waals surface area contributed by atoms with E-state index >= 15 is 0 Å². The summed E-state index contributed by atoms with van der Waals surface area (Å²) in [5, 5.41) is 0.192. The van der Waals surface area contributed by atoms with Gasteiger partial charge >= 0.3 is 0 Å². The van der Waals surface area contributed by atoms with Crippen molar-refractivity contribution in [3.8, 4) is 0 Å². The van der Waals surface area contributed by atoms with Crippen LogP contribution in [0.15, 0.2) is 11.8 Å². The van der Waals surface area contributed by atoms with Crippen LogP contribution in [0.5, 0.6) is 0 Å². The summed E-state index contributed by atoms with van der Waals surface area (Å²) in [6.45, 7) is 15.4. The van der Waals surface area contributed by atoms with Crippen molar-refractivity contribution in [2.24, 2.45) is 5.92 Å². The molecule has 2 heterocycles. The first-order valence-electron chi connectivity index (χ1n) is 7.76. The number of nitrogens with zero attached hydrogens (tertiary/aromatic N) is 1. The molecule has 114 valence electrons. The molecule has 0 aromatic carbocycles. The molecule has 0 bridgehead atoms. The fourth-order valence-corrected chi connectivity index (χ4v) is 4.59. The summed E-state index contributed by atoms with van der Waals surface area (Å²) in [6.07, 6.45) is 4.26. The van der Waals surface area contributed by atoms with Crippen LogP contribution in [0, 0.1) is 5.92 Å². The molecule has 0 aliphatic carbocycles. The van der Waals surface area contributed by atoms with E-state index in [1.54, 1.807) is 0 Å². The van der Waals surface area contributed by atoms with Crippen LogP contribution in [0.4, 0.5) is 0 Å². The lowest BCUT2D eigenvalue weighted by atomic mass is 9.84. The van der Waals surface area contributed by atoms with Gasteiger partial charge in [-0.05, 0) is 44.8 Å². The number of hydrogen-bond donors (Lipinski definition) is 0. The van der Waals surface area contributed by atoms with Gasteiger partial charge in [-0.2, -0.15) is 0 Å². The first kappa shape index (κ1) is 15.8. The Bertz CT molecular complexity index is 436. The molecule has 0 aromatic heterocycles. The Morgan fingerprint density at radius 1 is 1.40 bits per heavy atom. The minimum atomic E-state index is -1.80. The van der Waals surface area contributed by atoms with Crippen LogP contribution < -0.4 is 0 Å². The van der Waals surface area contributed by atoms with Gasteiger partial charge < -0.3 is 9.33 Å². The third-order valence-electron chi connectivity index (χ3n) is 5.40. The van der Waals surface area contributed by atoms with Crippen LogP contribution in [0.25, 0.3) is 0 Å². The Hall–Kier alpha value is -0.613. The highest BCUT2D eigenvalue weighted by Crippen LogP contribution is 2.45. The molecule has 0 saturated carbocycles. The zero-order valence-electron chi connectivity index (χ0n) is 14.0. The molecule has 4 heteroatoms. The van der Waals surface area contributed by atoms with Crippen molar-refractivity contribution in [2.75, 3.05) is 0 Å². The molecule has 0 spiro atoms. The lowest BCUT2D eigenvalue weighted by molar-refractivity contribution is -0.155. The van der Waals surface area contributed by atoms with E-state index < -0.39 is 8.32 Å². The molecule has 2 fully saturated rings. The van der Waals surface area contributed by atoms with Crippen molar-refractivity contribution in [2.45, 2.75) is 77.7 Å². The first-order valence-corrected chi connectivity index (χ1v) is 10.7. The van der Waals surface area contributed by atoms with Crippen LogP contribution in [0.3, 0.4) is 0 Å². The largest absolute Gasteiger partial charge is 0.413 e. The number of rotatable bonds is 3. The maximum atomic E-state index is 12.4. The second-order valence-corrected chi connectivity index (χ2v) is 12.5. The maximum Gasteiger partial charge on any atom is 0.234 e. The SMILES string of the molecule is C/C=C1/CC[C@@H]2[C@@H]([C@@H](C)O[Si](C)(C)C(C)(C)C)C(=O)N12. The van der Waals surface area contributed by atoms with Gasteiger partial charge in [0, 0.05) is 5.70 Å². The van der Waals surface area contributed by atoms with Crippen LogP contribution in [0.2, 0.25) is 18.1 Å². The van der Waals surface area contributed by atoms with E-state index in [4.69, 9.17) is 4.43 Å². The smallest absolute Gasteiger partial charge is 0.234 e. The quantitative estimate of drug-likeness (QED) is 0.583. The zero-order valence-corrected chi connectivity index (χ0v) is 15.0. The molecule has 20 heavy (non-hydrogen) atoms. The third kappa shape index (κ3) is 2.37. The predicted octanol–water partition coefficient (Wildman–Crippen LogP) is 3.92. The Morgan fingerprint density at radius 2 is 2.00 bits per heavy atom. The molecule has 2 saturated heterocycles. The van der Waals surface area contributed by atoms with Gasteiger partial charge in [-0.15, -0.1) is 0 Å². The van der Waals surface area contributed by atoms with Gasteiger partial charge in [0.2, 0.25) is 5.91 Å². The van der Waals surface area contributed by atoms with E-state index in [1.165, 1.54) is 5.70 Å². The minimum Gasteiger partial charge on any atom is -0.413 e. The lowest BCUT2D eigenvalue weighted by Gasteiger charge is -2.48. The zero-order chi connectivity index (χ0) is 15.3. The van der Waals surface area contributed by atoms with Crippen LogP contribution in [-0.4, -0.2) is 31.3 Å². The Kier molecular flexibility index (Phi) is 3.93. The number of carbonyl (C=O) groups is 1. The number of carbonyl (C=O) groups excluding carboxylic acids is 1. The van der Waals surface area contributed by atoms with Gasteiger partial charge in [0.25, 0.3) is 0 Å². The van der Waals surface area contributed by atoms with Crippen LogP contribution >= 0.6 is 0 Å². The van der Waals surface area contributed by atoms with Gasteiger partial charge in [-0.3, -0.25) is 4.79 Å². The highest BCUT2D eigenvalue weighted by atomic mass is 28.4. The van der Waals surface area contributed by atoms with E-state index in [2.05, 4.69) is 46.9 Å². The van der Waals surface area contributed by atoms with E-state index in [1.807, 2.05) is 11.8 Å². The van der Waals surface area contributed by atoms with E-state index in [0.717, 1.165) is 12.8 Å². The van der Waals surface area contributed by atoms with Gasteiger partial charge in [0.15, 0.2) is 8.32 Å². The molecule has 0 N–H and O–H groups in total. The van der Waals surface area contributed by atoms with Crippen molar-refractivity contribution in [1.29, 1.82) is 0 Å². The predicted molar refractivity (Wildman–Crippen MR) is 84.9 cm³/mol. The standard InChI is InChI=1S/C16H29NO2Si/c1-8-12-9-10-13-14(15(18)17(12)13)11(2)19-20(6,7)16(3,4)5/h8,11,13-14H,9-10H2,1-7H3/b12-8-/t11-,13-,14-/m1/s1. The van der Waals surface area contributed by atoms with Crippen molar-refractivity contribution >= 4 is 14.2 Å². The Morgan fingerprint density at radius 3 is 2.50 bits per heavy atom. The average Bonchev–Trinajstić information content (AvgIpc) is 2.65. The van der Waals surface area contributed by atoms with Crippen molar-refractivity contribution in [3.05, 3.63) is 11.8 Å². The van der Waals surface area contributed by atoms with Gasteiger partial charge in [0.05, 0.1) is 18.1 Å². The molecule has 2 aliphatic heterocycles. The number of amides is 1. The molecule has 3 nitrogen and oxygen atoms in total. The average molecular weight is 295 g/mol. The second-order valence-electron chi connectivity index (χ2n) is 7.70. The topological polar surface area (TPSA) is 29.5 Å². The summed E-state index contributed by atoms with van der Waals surface area (Å²) < 4.78 is 6.43. The molecule has 0 unspecified atom stereocenters.